The van der Waals surface area contributed by atoms with Gasteiger partial charge in [0.15, 0.2) is 0 Å². The van der Waals surface area contributed by atoms with Crippen LogP contribution in [-0.4, -0.2) is 34.8 Å². The number of aromatic nitrogens is 2. The summed E-state index contributed by atoms with van der Waals surface area (Å²) in [4.78, 5) is 13.8. The molecule has 0 spiro atoms. The molecule has 1 fully saturated rings. The highest BCUT2D eigenvalue weighted by Gasteiger charge is 2.35. The smallest absolute Gasteiger partial charge is 0.261 e. The lowest BCUT2D eigenvalue weighted by molar-refractivity contribution is 0.0916. The molecule has 1 saturated heterocycles. The number of rotatable bonds is 6. The van der Waals surface area contributed by atoms with Crippen LogP contribution in [0.3, 0.4) is 0 Å². The van der Waals surface area contributed by atoms with Crippen LogP contribution in [0.1, 0.15) is 46.5 Å². The maximum absolute atomic E-state index is 14.0. The van der Waals surface area contributed by atoms with Crippen molar-refractivity contribution in [1.29, 1.82) is 0 Å². The Bertz CT molecular complexity index is 1090. The van der Waals surface area contributed by atoms with Gasteiger partial charge in [-0.15, -0.1) is 11.3 Å². The lowest BCUT2D eigenvalue weighted by Crippen LogP contribution is -2.53. The number of hydrogen-bond acceptors (Lipinski definition) is 4. The Balaban J connectivity index is 1.60. The summed E-state index contributed by atoms with van der Waals surface area (Å²) in [6.07, 6.45) is 3.83. The van der Waals surface area contributed by atoms with Crippen LogP contribution in [-0.2, 0) is 7.05 Å². The first-order chi connectivity index (χ1) is 15.4. The van der Waals surface area contributed by atoms with Gasteiger partial charge in [0.05, 0.1) is 16.8 Å². The number of nitrogens with zero attached hydrogens (tertiary/aromatic N) is 2. The Kier molecular flexibility index (Phi) is 6.98. The number of carbonyl (C=O) groups is 1. The summed E-state index contributed by atoms with van der Waals surface area (Å²) in [6, 6.07) is 8.47. The molecule has 1 amide bonds. The van der Waals surface area contributed by atoms with Crippen molar-refractivity contribution in [1.82, 2.24) is 20.4 Å². The van der Waals surface area contributed by atoms with Crippen LogP contribution in [0.15, 0.2) is 36.5 Å². The highest BCUT2D eigenvalue weighted by Crippen LogP contribution is 2.38. The molecule has 0 aliphatic carbocycles. The van der Waals surface area contributed by atoms with Gasteiger partial charge in [0.1, 0.15) is 10.2 Å². The van der Waals surface area contributed by atoms with E-state index in [-0.39, 0.29) is 23.7 Å². The Labute approximate surface area is 197 Å². The SMILES string of the molecule is CCC[C@H]1CNC[C@@H](NC(=O)c2cc(-c3c(C)cnn3C)c(Cl)s2)[C@@H]1c1cccc(F)c1. The van der Waals surface area contributed by atoms with Crippen LogP contribution >= 0.6 is 22.9 Å². The predicted molar refractivity (Wildman–Crippen MR) is 128 cm³/mol. The van der Waals surface area contributed by atoms with Crippen molar-refractivity contribution >= 4 is 28.8 Å². The number of carbonyl (C=O) groups excluding carboxylic acids is 1. The third kappa shape index (κ3) is 4.60. The van der Waals surface area contributed by atoms with Gasteiger partial charge in [0.25, 0.3) is 5.91 Å². The van der Waals surface area contributed by atoms with E-state index < -0.39 is 0 Å². The third-order valence-electron chi connectivity index (χ3n) is 6.21. The number of nitrogens with one attached hydrogen (secondary N) is 2. The molecule has 170 valence electrons. The summed E-state index contributed by atoms with van der Waals surface area (Å²) in [7, 11) is 1.86. The van der Waals surface area contributed by atoms with Crippen LogP contribution in [0.4, 0.5) is 4.39 Å². The molecule has 0 unspecified atom stereocenters. The molecule has 3 aromatic rings. The summed E-state index contributed by atoms with van der Waals surface area (Å²) in [6.45, 7) is 5.62. The topological polar surface area (TPSA) is 58.9 Å². The number of aryl methyl sites for hydroxylation is 2. The normalized spacial score (nSPS) is 21.0. The van der Waals surface area contributed by atoms with Gasteiger partial charge in [-0.05, 0) is 55.1 Å². The predicted octanol–water partition coefficient (Wildman–Crippen LogP) is 5.15. The molecule has 4 rings (SSSR count). The molecule has 0 saturated carbocycles. The Morgan fingerprint density at radius 3 is 2.88 bits per heavy atom. The molecule has 0 radical (unpaired) electrons. The average molecular weight is 475 g/mol. The van der Waals surface area contributed by atoms with Crippen LogP contribution in [0.5, 0.6) is 0 Å². The van der Waals surface area contributed by atoms with E-state index in [9.17, 15) is 9.18 Å². The molecule has 2 N–H and O–H groups in total. The van der Waals surface area contributed by atoms with Crippen molar-refractivity contribution in [2.24, 2.45) is 13.0 Å². The highest BCUT2D eigenvalue weighted by molar-refractivity contribution is 7.18. The first-order valence-electron chi connectivity index (χ1n) is 10.9. The summed E-state index contributed by atoms with van der Waals surface area (Å²) in [5, 5.41) is 10.9. The van der Waals surface area contributed by atoms with E-state index >= 15 is 0 Å². The number of piperidine rings is 1. The van der Waals surface area contributed by atoms with Gasteiger partial charge in [-0.2, -0.15) is 5.10 Å². The summed E-state index contributed by atoms with van der Waals surface area (Å²) in [5.74, 6) is -0.0404. The van der Waals surface area contributed by atoms with Crippen molar-refractivity contribution in [2.75, 3.05) is 13.1 Å². The Morgan fingerprint density at radius 2 is 2.19 bits per heavy atom. The fourth-order valence-corrected chi connectivity index (χ4v) is 6.01. The van der Waals surface area contributed by atoms with Crippen LogP contribution in [0.25, 0.3) is 11.3 Å². The number of halogens is 2. The monoisotopic (exact) mass is 474 g/mol. The number of amides is 1. The zero-order valence-electron chi connectivity index (χ0n) is 18.5. The summed E-state index contributed by atoms with van der Waals surface area (Å²) < 4.78 is 16.3. The van der Waals surface area contributed by atoms with Gasteiger partial charge in [0, 0.05) is 31.1 Å². The van der Waals surface area contributed by atoms with Crippen molar-refractivity contribution in [2.45, 2.75) is 38.6 Å². The zero-order chi connectivity index (χ0) is 22.8. The quantitative estimate of drug-likeness (QED) is 0.519. The molecule has 5 nitrogen and oxygen atoms in total. The molecule has 2 aromatic heterocycles. The lowest BCUT2D eigenvalue weighted by atomic mass is 9.76. The van der Waals surface area contributed by atoms with Crippen molar-refractivity contribution in [3.8, 4) is 11.3 Å². The molecule has 1 aromatic carbocycles. The van der Waals surface area contributed by atoms with E-state index in [1.807, 2.05) is 26.1 Å². The fourth-order valence-electron chi connectivity index (χ4n) is 4.83. The Hall–Kier alpha value is -2.22. The zero-order valence-corrected chi connectivity index (χ0v) is 20.1. The second kappa shape index (κ2) is 9.73. The van der Waals surface area contributed by atoms with Gasteiger partial charge < -0.3 is 10.6 Å². The third-order valence-corrected chi connectivity index (χ3v) is 7.57. The molecular weight excluding hydrogens is 447 g/mol. The van der Waals surface area contributed by atoms with E-state index in [0.29, 0.717) is 21.7 Å². The lowest BCUT2D eigenvalue weighted by Gasteiger charge is -2.39. The van der Waals surface area contributed by atoms with Gasteiger partial charge in [0.2, 0.25) is 0 Å². The van der Waals surface area contributed by atoms with E-state index in [1.165, 1.54) is 17.4 Å². The van der Waals surface area contributed by atoms with Gasteiger partial charge in [-0.1, -0.05) is 37.1 Å². The van der Waals surface area contributed by atoms with Crippen LogP contribution in [0.2, 0.25) is 4.34 Å². The van der Waals surface area contributed by atoms with E-state index in [1.54, 1.807) is 23.0 Å². The minimum Gasteiger partial charge on any atom is -0.347 e. The molecule has 3 atom stereocenters. The highest BCUT2D eigenvalue weighted by atomic mass is 35.5. The molecular formula is C24H28ClFN4OS. The Morgan fingerprint density at radius 1 is 1.38 bits per heavy atom. The van der Waals surface area contributed by atoms with E-state index in [4.69, 9.17) is 11.6 Å². The van der Waals surface area contributed by atoms with Gasteiger partial charge in [-0.3, -0.25) is 9.48 Å². The minimum atomic E-state index is -0.248. The minimum absolute atomic E-state index is 0.0464. The molecule has 1 aliphatic heterocycles. The van der Waals surface area contributed by atoms with Crippen LogP contribution < -0.4 is 10.6 Å². The molecule has 3 heterocycles. The fraction of sp³-hybridized carbons (Fsp3) is 0.417. The largest absolute Gasteiger partial charge is 0.347 e. The average Bonchev–Trinajstić information content (AvgIpc) is 3.29. The first kappa shape index (κ1) is 23.0. The van der Waals surface area contributed by atoms with Gasteiger partial charge >= 0.3 is 0 Å². The first-order valence-corrected chi connectivity index (χ1v) is 12.1. The van der Waals surface area contributed by atoms with Crippen molar-refractivity contribution < 1.29 is 9.18 Å². The van der Waals surface area contributed by atoms with E-state index in [2.05, 4.69) is 22.7 Å². The number of benzene rings is 1. The molecule has 8 heteroatoms. The molecule has 32 heavy (non-hydrogen) atoms. The number of thiophene rings is 1. The van der Waals surface area contributed by atoms with E-state index in [0.717, 1.165) is 41.8 Å². The number of hydrogen-bond donors (Lipinski definition) is 2. The van der Waals surface area contributed by atoms with Crippen molar-refractivity contribution in [3.63, 3.8) is 0 Å². The molecule has 0 bridgehead atoms. The van der Waals surface area contributed by atoms with Gasteiger partial charge in [-0.25, -0.2) is 4.39 Å². The second-order valence-electron chi connectivity index (χ2n) is 8.47. The summed E-state index contributed by atoms with van der Waals surface area (Å²) in [5.41, 5.74) is 3.66. The molecule has 1 aliphatic rings. The standard InChI is InChI=1S/C24H28ClFN4OS/c1-4-6-16-12-27-13-19(21(16)15-7-5-8-17(26)9-15)29-24(31)20-10-18(23(25)32-20)22-14(2)11-28-30(22)3/h5,7-11,16,19,21,27H,4,6,12-13H2,1-3H3,(H,29,31)/t16-,19+,21+/m0/s1. The van der Waals surface area contributed by atoms with Crippen molar-refractivity contribution in [3.05, 3.63) is 62.7 Å². The van der Waals surface area contributed by atoms with Crippen LogP contribution in [0, 0.1) is 18.7 Å². The summed E-state index contributed by atoms with van der Waals surface area (Å²) >= 11 is 7.79. The maximum Gasteiger partial charge on any atom is 0.261 e. The maximum atomic E-state index is 14.0. The second-order valence-corrected chi connectivity index (χ2v) is 10.1.